The van der Waals surface area contributed by atoms with Gasteiger partial charge in [-0.15, -0.1) is 0 Å². The number of carbonyl (C=O) groups excluding carboxylic acids is 1. The third kappa shape index (κ3) is 4.46. The number of hydrogen-bond acceptors (Lipinski definition) is 5. The molecule has 0 aliphatic heterocycles. The van der Waals surface area contributed by atoms with Crippen LogP contribution in [0.1, 0.15) is 5.56 Å². The van der Waals surface area contributed by atoms with Gasteiger partial charge in [0, 0.05) is 18.2 Å². The standard InChI is InChI=1S/C15H11FN2O5S/c16-12-4-8-14(9-5-12)24(22,23)17-15(19)10-3-11-1-6-13(7-2-11)18(20)21/h1-10H,(H,17,19)/b10-3+. The Bertz CT molecular complexity index is 890. The summed E-state index contributed by atoms with van der Waals surface area (Å²) < 4.78 is 38.4. The first-order chi connectivity index (χ1) is 11.3. The average Bonchev–Trinajstić information content (AvgIpc) is 2.53. The van der Waals surface area contributed by atoms with Gasteiger partial charge < -0.3 is 0 Å². The monoisotopic (exact) mass is 350 g/mol. The Kier molecular flexibility index (Phi) is 5.05. The summed E-state index contributed by atoms with van der Waals surface area (Å²) in [6.45, 7) is 0. The SMILES string of the molecule is O=C(/C=C/c1ccc([N+](=O)[O-])cc1)NS(=O)(=O)c1ccc(F)cc1. The highest BCUT2D eigenvalue weighted by atomic mass is 32.2. The normalized spacial score (nSPS) is 11.4. The van der Waals surface area contributed by atoms with E-state index in [4.69, 9.17) is 0 Å². The summed E-state index contributed by atoms with van der Waals surface area (Å²) in [4.78, 5) is 21.4. The highest BCUT2D eigenvalue weighted by Crippen LogP contribution is 2.13. The van der Waals surface area contributed by atoms with Gasteiger partial charge in [0.05, 0.1) is 9.82 Å². The van der Waals surface area contributed by atoms with Gasteiger partial charge in [0.15, 0.2) is 0 Å². The maximum Gasteiger partial charge on any atom is 0.269 e. The van der Waals surface area contributed by atoms with E-state index < -0.39 is 26.7 Å². The number of amides is 1. The molecule has 2 aromatic carbocycles. The first-order valence-electron chi connectivity index (χ1n) is 6.53. The van der Waals surface area contributed by atoms with Crippen molar-refractivity contribution in [3.63, 3.8) is 0 Å². The molecule has 0 heterocycles. The van der Waals surface area contributed by atoms with Crippen molar-refractivity contribution in [1.82, 2.24) is 4.72 Å². The third-order valence-corrected chi connectivity index (χ3v) is 4.25. The Morgan fingerprint density at radius 1 is 1.08 bits per heavy atom. The zero-order chi connectivity index (χ0) is 17.7. The highest BCUT2D eigenvalue weighted by Gasteiger charge is 2.16. The van der Waals surface area contributed by atoms with Crippen molar-refractivity contribution in [2.75, 3.05) is 0 Å². The maximum absolute atomic E-state index is 12.8. The summed E-state index contributed by atoms with van der Waals surface area (Å²) in [6.07, 6.45) is 2.28. The molecule has 1 amide bonds. The smallest absolute Gasteiger partial charge is 0.269 e. The number of nitro groups is 1. The lowest BCUT2D eigenvalue weighted by molar-refractivity contribution is -0.384. The van der Waals surface area contributed by atoms with Crippen molar-refractivity contribution >= 4 is 27.7 Å². The Balaban J connectivity index is 2.06. The van der Waals surface area contributed by atoms with E-state index in [9.17, 15) is 27.7 Å². The van der Waals surface area contributed by atoms with Crippen LogP contribution in [0.25, 0.3) is 6.08 Å². The zero-order valence-corrected chi connectivity index (χ0v) is 12.9. The molecule has 0 aliphatic carbocycles. The van der Waals surface area contributed by atoms with Crippen LogP contribution in [0.2, 0.25) is 0 Å². The van der Waals surface area contributed by atoms with Crippen LogP contribution >= 0.6 is 0 Å². The summed E-state index contributed by atoms with van der Waals surface area (Å²) in [5.74, 6) is -1.50. The van der Waals surface area contributed by atoms with Crippen LogP contribution < -0.4 is 4.72 Å². The molecule has 124 valence electrons. The number of nitrogens with zero attached hydrogens (tertiary/aromatic N) is 1. The second-order valence-corrected chi connectivity index (χ2v) is 6.29. The van der Waals surface area contributed by atoms with E-state index in [-0.39, 0.29) is 10.6 Å². The number of nitrogens with one attached hydrogen (secondary N) is 1. The van der Waals surface area contributed by atoms with Gasteiger partial charge in [-0.3, -0.25) is 14.9 Å². The number of nitro benzene ring substituents is 1. The lowest BCUT2D eigenvalue weighted by atomic mass is 10.2. The Morgan fingerprint density at radius 2 is 1.67 bits per heavy atom. The minimum atomic E-state index is -4.11. The molecule has 0 radical (unpaired) electrons. The summed E-state index contributed by atoms with van der Waals surface area (Å²) >= 11 is 0. The molecule has 0 atom stereocenters. The molecule has 0 saturated carbocycles. The van der Waals surface area contributed by atoms with Crippen LogP contribution in [-0.4, -0.2) is 19.2 Å². The lowest BCUT2D eigenvalue weighted by Crippen LogP contribution is -2.28. The topological polar surface area (TPSA) is 106 Å². The number of benzene rings is 2. The Labute approximate surface area is 136 Å². The average molecular weight is 350 g/mol. The van der Waals surface area contributed by atoms with Gasteiger partial charge in [-0.1, -0.05) is 0 Å². The van der Waals surface area contributed by atoms with E-state index in [1.807, 2.05) is 4.72 Å². The number of non-ortho nitro benzene ring substituents is 1. The van der Waals surface area contributed by atoms with E-state index in [0.717, 1.165) is 30.3 Å². The molecule has 0 saturated heterocycles. The van der Waals surface area contributed by atoms with E-state index in [1.165, 1.54) is 30.3 Å². The maximum atomic E-state index is 12.8. The van der Waals surface area contributed by atoms with Gasteiger partial charge >= 0.3 is 0 Å². The molecule has 0 spiro atoms. The molecule has 0 aliphatic rings. The van der Waals surface area contributed by atoms with Crippen molar-refractivity contribution in [2.45, 2.75) is 4.90 Å². The predicted octanol–water partition coefficient (Wildman–Crippen LogP) is 2.25. The van der Waals surface area contributed by atoms with E-state index in [1.54, 1.807) is 0 Å². The molecule has 0 aromatic heterocycles. The first kappa shape index (κ1) is 17.3. The molecule has 2 rings (SSSR count). The second kappa shape index (κ2) is 7.01. The molecular weight excluding hydrogens is 339 g/mol. The Hall–Kier alpha value is -3.07. The van der Waals surface area contributed by atoms with Crippen LogP contribution in [0.15, 0.2) is 59.5 Å². The van der Waals surface area contributed by atoms with Crippen molar-refractivity contribution < 1.29 is 22.5 Å². The van der Waals surface area contributed by atoms with Crippen molar-refractivity contribution in [2.24, 2.45) is 0 Å². The van der Waals surface area contributed by atoms with Crippen LogP contribution in [-0.2, 0) is 14.8 Å². The third-order valence-electron chi connectivity index (χ3n) is 2.89. The zero-order valence-electron chi connectivity index (χ0n) is 12.0. The molecule has 0 bridgehead atoms. The van der Waals surface area contributed by atoms with Gasteiger partial charge in [-0.05, 0) is 48.0 Å². The van der Waals surface area contributed by atoms with Crippen LogP contribution in [0.3, 0.4) is 0 Å². The fraction of sp³-hybridized carbons (Fsp3) is 0. The van der Waals surface area contributed by atoms with Crippen molar-refractivity contribution in [3.05, 3.63) is 76.1 Å². The highest BCUT2D eigenvalue weighted by molar-refractivity contribution is 7.90. The number of hydrogen-bond donors (Lipinski definition) is 1. The van der Waals surface area contributed by atoms with Gasteiger partial charge in [0.1, 0.15) is 5.82 Å². The Morgan fingerprint density at radius 3 is 2.21 bits per heavy atom. The fourth-order valence-corrected chi connectivity index (χ4v) is 2.66. The van der Waals surface area contributed by atoms with Crippen molar-refractivity contribution in [1.29, 1.82) is 0 Å². The molecular formula is C15H11FN2O5S. The summed E-state index contributed by atoms with van der Waals surface area (Å²) in [7, 11) is -4.11. The lowest BCUT2D eigenvalue weighted by Gasteiger charge is -2.04. The second-order valence-electron chi connectivity index (χ2n) is 4.61. The fourth-order valence-electron chi connectivity index (χ4n) is 1.72. The predicted molar refractivity (Wildman–Crippen MR) is 83.9 cm³/mol. The van der Waals surface area contributed by atoms with Crippen LogP contribution in [0.4, 0.5) is 10.1 Å². The van der Waals surface area contributed by atoms with E-state index in [2.05, 4.69) is 0 Å². The van der Waals surface area contributed by atoms with Crippen LogP contribution in [0, 0.1) is 15.9 Å². The molecule has 2 aromatic rings. The van der Waals surface area contributed by atoms with Gasteiger partial charge in [-0.25, -0.2) is 17.5 Å². The summed E-state index contributed by atoms with van der Waals surface area (Å²) in [6, 6.07) is 9.33. The van der Waals surface area contributed by atoms with Gasteiger partial charge in [-0.2, -0.15) is 0 Å². The molecule has 24 heavy (non-hydrogen) atoms. The first-order valence-corrected chi connectivity index (χ1v) is 8.01. The number of sulfonamides is 1. The number of carbonyl (C=O) groups is 1. The van der Waals surface area contributed by atoms with Gasteiger partial charge in [0.2, 0.25) is 0 Å². The molecule has 7 nitrogen and oxygen atoms in total. The number of halogens is 1. The largest absolute Gasteiger partial charge is 0.269 e. The molecule has 0 fully saturated rings. The minimum Gasteiger partial charge on any atom is -0.269 e. The molecule has 1 N–H and O–H groups in total. The van der Waals surface area contributed by atoms with Crippen molar-refractivity contribution in [3.8, 4) is 0 Å². The minimum absolute atomic E-state index is 0.101. The summed E-state index contributed by atoms with van der Waals surface area (Å²) in [5, 5.41) is 10.5. The number of rotatable bonds is 5. The molecule has 9 heteroatoms. The molecule has 0 unspecified atom stereocenters. The van der Waals surface area contributed by atoms with E-state index >= 15 is 0 Å². The van der Waals surface area contributed by atoms with Crippen LogP contribution in [0.5, 0.6) is 0 Å². The van der Waals surface area contributed by atoms with Gasteiger partial charge in [0.25, 0.3) is 21.6 Å². The van der Waals surface area contributed by atoms with E-state index in [0.29, 0.717) is 5.56 Å². The quantitative estimate of drug-likeness (QED) is 0.506. The summed E-state index contributed by atoms with van der Waals surface area (Å²) in [5.41, 5.74) is 0.380.